The second kappa shape index (κ2) is 6.32. The number of halogens is 1. The molecule has 0 aliphatic heterocycles. The van der Waals surface area contributed by atoms with Gasteiger partial charge in [-0.25, -0.2) is 15.0 Å². The van der Waals surface area contributed by atoms with Crippen LogP contribution in [0.4, 0.5) is 11.8 Å². The number of oxime groups is 1. The van der Waals surface area contributed by atoms with E-state index in [4.69, 9.17) is 27.0 Å². The van der Waals surface area contributed by atoms with Gasteiger partial charge in [0.2, 0.25) is 0 Å². The Morgan fingerprint density at radius 3 is 2.57 bits per heavy atom. The molecule has 3 rings (SSSR count). The third-order valence-electron chi connectivity index (χ3n) is 2.89. The standard InChI is InChI=1S/C14H11ClN6O2/c15-9-3-1-8(2-4-9)11-6-19-14(23-11)20-12-7-17-10(5-18-12)13(16)21-22/h1-7,22H,(H2,16,21)(H,18,19,20). The zero-order chi connectivity index (χ0) is 16.2. The molecule has 4 N–H and O–H groups in total. The van der Waals surface area contributed by atoms with Crippen LogP contribution < -0.4 is 11.1 Å². The van der Waals surface area contributed by atoms with Crippen LogP contribution in [-0.2, 0) is 0 Å². The van der Waals surface area contributed by atoms with Crippen LogP contribution in [0.1, 0.15) is 5.69 Å². The average Bonchev–Trinajstić information content (AvgIpc) is 3.04. The molecule has 9 heteroatoms. The molecule has 0 spiro atoms. The lowest BCUT2D eigenvalue weighted by molar-refractivity contribution is 0.318. The Labute approximate surface area is 135 Å². The number of oxazole rings is 1. The monoisotopic (exact) mass is 330 g/mol. The van der Waals surface area contributed by atoms with Crippen molar-refractivity contribution in [1.82, 2.24) is 15.0 Å². The van der Waals surface area contributed by atoms with E-state index in [0.717, 1.165) is 5.56 Å². The second-order valence-corrected chi connectivity index (χ2v) is 4.87. The van der Waals surface area contributed by atoms with Crippen molar-refractivity contribution in [2.45, 2.75) is 0 Å². The number of hydrogen-bond donors (Lipinski definition) is 3. The smallest absolute Gasteiger partial charge is 0.300 e. The van der Waals surface area contributed by atoms with Gasteiger partial charge in [-0.05, 0) is 24.3 Å². The number of rotatable bonds is 4. The predicted octanol–water partition coefficient (Wildman–Crippen LogP) is 2.62. The Hall–Kier alpha value is -3.13. The molecule has 0 aliphatic carbocycles. The predicted molar refractivity (Wildman–Crippen MR) is 84.8 cm³/mol. The van der Waals surface area contributed by atoms with E-state index in [0.29, 0.717) is 16.6 Å². The van der Waals surface area contributed by atoms with Crippen molar-refractivity contribution in [2.24, 2.45) is 10.9 Å². The number of anilines is 2. The first-order chi connectivity index (χ1) is 11.2. The molecule has 0 saturated heterocycles. The van der Waals surface area contributed by atoms with Gasteiger partial charge in [-0.3, -0.25) is 5.32 Å². The van der Waals surface area contributed by atoms with E-state index in [1.165, 1.54) is 12.4 Å². The number of amidine groups is 1. The van der Waals surface area contributed by atoms with Crippen LogP contribution in [0.5, 0.6) is 0 Å². The van der Waals surface area contributed by atoms with Gasteiger partial charge in [-0.1, -0.05) is 16.8 Å². The highest BCUT2D eigenvalue weighted by Crippen LogP contribution is 2.25. The van der Waals surface area contributed by atoms with Crippen molar-refractivity contribution in [3.8, 4) is 11.3 Å². The molecular formula is C14H11ClN6O2. The SMILES string of the molecule is N/C(=N\O)c1cnc(Nc2ncc(-c3ccc(Cl)cc3)o2)cn1. The number of nitrogens with two attached hydrogens (primary N) is 1. The number of aromatic nitrogens is 3. The first-order valence-electron chi connectivity index (χ1n) is 6.44. The van der Waals surface area contributed by atoms with Gasteiger partial charge in [0, 0.05) is 10.6 Å². The van der Waals surface area contributed by atoms with Gasteiger partial charge in [-0.2, -0.15) is 0 Å². The van der Waals surface area contributed by atoms with E-state index in [-0.39, 0.29) is 17.5 Å². The fourth-order valence-electron chi connectivity index (χ4n) is 1.77. The van der Waals surface area contributed by atoms with E-state index in [1.54, 1.807) is 18.3 Å². The summed E-state index contributed by atoms with van der Waals surface area (Å²) in [6.07, 6.45) is 4.36. The third kappa shape index (κ3) is 3.38. The minimum atomic E-state index is -0.120. The normalized spacial score (nSPS) is 11.4. The van der Waals surface area contributed by atoms with Crippen molar-refractivity contribution < 1.29 is 9.62 Å². The molecule has 0 amide bonds. The number of nitrogens with zero attached hydrogens (tertiary/aromatic N) is 4. The molecule has 2 heterocycles. The Morgan fingerprint density at radius 2 is 1.91 bits per heavy atom. The van der Waals surface area contributed by atoms with E-state index >= 15 is 0 Å². The summed E-state index contributed by atoms with van der Waals surface area (Å²) in [5.41, 5.74) is 6.52. The highest BCUT2D eigenvalue weighted by atomic mass is 35.5. The van der Waals surface area contributed by atoms with Gasteiger partial charge in [0.1, 0.15) is 5.69 Å². The lowest BCUT2D eigenvalue weighted by atomic mass is 10.2. The number of hydrogen-bond acceptors (Lipinski definition) is 7. The number of nitrogens with one attached hydrogen (secondary N) is 1. The Balaban J connectivity index is 1.75. The largest absolute Gasteiger partial charge is 0.423 e. The van der Waals surface area contributed by atoms with E-state index in [1.807, 2.05) is 12.1 Å². The van der Waals surface area contributed by atoms with Crippen molar-refractivity contribution in [1.29, 1.82) is 0 Å². The molecule has 0 unspecified atom stereocenters. The maximum absolute atomic E-state index is 8.57. The summed E-state index contributed by atoms with van der Waals surface area (Å²) in [7, 11) is 0. The van der Waals surface area contributed by atoms with Crippen LogP contribution in [0.2, 0.25) is 5.02 Å². The van der Waals surface area contributed by atoms with Gasteiger partial charge in [0.15, 0.2) is 17.4 Å². The molecule has 0 bridgehead atoms. The molecule has 8 nitrogen and oxygen atoms in total. The van der Waals surface area contributed by atoms with Crippen LogP contribution in [0.3, 0.4) is 0 Å². The quantitative estimate of drug-likeness (QED) is 0.291. The first kappa shape index (κ1) is 14.8. The molecule has 23 heavy (non-hydrogen) atoms. The first-order valence-corrected chi connectivity index (χ1v) is 6.82. The van der Waals surface area contributed by atoms with E-state index < -0.39 is 0 Å². The van der Waals surface area contributed by atoms with Crippen molar-refractivity contribution in [3.63, 3.8) is 0 Å². The summed E-state index contributed by atoms with van der Waals surface area (Å²) in [5.74, 6) is 0.875. The third-order valence-corrected chi connectivity index (χ3v) is 3.14. The van der Waals surface area contributed by atoms with Crippen LogP contribution in [-0.4, -0.2) is 26.0 Å². The van der Waals surface area contributed by atoms with Gasteiger partial charge >= 0.3 is 6.01 Å². The molecule has 0 saturated carbocycles. The molecular weight excluding hydrogens is 320 g/mol. The summed E-state index contributed by atoms with van der Waals surface area (Å²) in [5, 5.41) is 14.9. The van der Waals surface area contributed by atoms with Crippen LogP contribution in [0, 0.1) is 0 Å². The highest BCUT2D eigenvalue weighted by Gasteiger charge is 2.08. The Morgan fingerprint density at radius 1 is 1.13 bits per heavy atom. The Kier molecular flexibility index (Phi) is 4.07. The molecule has 1 aromatic carbocycles. The highest BCUT2D eigenvalue weighted by molar-refractivity contribution is 6.30. The minimum Gasteiger partial charge on any atom is -0.423 e. The van der Waals surface area contributed by atoms with Crippen molar-refractivity contribution in [3.05, 3.63) is 53.6 Å². The van der Waals surface area contributed by atoms with E-state index in [9.17, 15) is 0 Å². The molecule has 0 radical (unpaired) electrons. The molecule has 3 aromatic rings. The lowest BCUT2D eigenvalue weighted by Gasteiger charge is -2.01. The molecule has 0 atom stereocenters. The fraction of sp³-hybridized carbons (Fsp3) is 0. The maximum Gasteiger partial charge on any atom is 0.300 e. The number of benzene rings is 1. The fourth-order valence-corrected chi connectivity index (χ4v) is 1.89. The zero-order valence-corrected chi connectivity index (χ0v) is 12.4. The van der Waals surface area contributed by atoms with E-state index in [2.05, 4.69) is 25.4 Å². The van der Waals surface area contributed by atoms with Crippen molar-refractivity contribution in [2.75, 3.05) is 5.32 Å². The van der Waals surface area contributed by atoms with Gasteiger partial charge in [0.05, 0.1) is 18.6 Å². The average molecular weight is 331 g/mol. The molecule has 0 fully saturated rings. The minimum absolute atomic E-state index is 0.120. The topological polar surface area (TPSA) is 122 Å². The lowest BCUT2D eigenvalue weighted by Crippen LogP contribution is -2.15. The van der Waals surface area contributed by atoms with Crippen LogP contribution >= 0.6 is 11.6 Å². The summed E-state index contributed by atoms with van der Waals surface area (Å²) >= 11 is 5.85. The van der Waals surface area contributed by atoms with Gasteiger partial charge in [0.25, 0.3) is 0 Å². The molecule has 0 aliphatic rings. The zero-order valence-electron chi connectivity index (χ0n) is 11.6. The summed E-state index contributed by atoms with van der Waals surface area (Å²) < 4.78 is 5.59. The van der Waals surface area contributed by atoms with Crippen LogP contribution in [0.15, 0.2) is 52.4 Å². The van der Waals surface area contributed by atoms with Gasteiger partial charge in [-0.15, -0.1) is 0 Å². The second-order valence-electron chi connectivity index (χ2n) is 4.43. The molecule has 2 aromatic heterocycles. The summed E-state index contributed by atoms with van der Waals surface area (Å²) in [6, 6.07) is 7.46. The molecule has 116 valence electrons. The van der Waals surface area contributed by atoms with Crippen LogP contribution in [0.25, 0.3) is 11.3 Å². The Bertz CT molecular complexity index is 829. The summed E-state index contributed by atoms with van der Waals surface area (Å²) in [6.45, 7) is 0. The maximum atomic E-state index is 8.57. The van der Waals surface area contributed by atoms with Gasteiger partial charge < -0.3 is 15.4 Å². The summed E-state index contributed by atoms with van der Waals surface area (Å²) in [4.78, 5) is 12.2. The van der Waals surface area contributed by atoms with Crippen molar-refractivity contribution >= 4 is 29.3 Å².